The SMILES string of the molecule is COC(=O)C(CCSC)NC(=O)c1cc(Cl)c2[nH]c(-c3c(F)cccc3Cl)nc2c1. The van der Waals surface area contributed by atoms with Crippen LogP contribution in [0.5, 0.6) is 0 Å². The molecule has 1 heterocycles. The summed E-state index contributed by atoms with van der Waals surface area (Å²) in [5.41, 5.74) is 1.12. The first-order chi connectivity index (χ1) is 14.3. The summed E-state index contributed by atoms with van der Waals surface area (Å²) in [5.74, 6) is -0.693. The molecule has 3 aromatic rings. The van der Waals surface area contributed by atoms with E-state index < -0.39 is 23.7 Å². The molecule has 1 amide bonds. The van der Waals surface area contributed by atoms with Crippen molar-refractivity contribution < 1.29 is 18.7 Å². The number of H-pyrrole nitrogens is 1. The lowest BCUT2D eigenvalue weighted by Crippen LogP contribution is -2.41. The lowest BCUT2D eigenvalue weighted by molar-refractivity contribution is -0.142. The van der Waals surface area contributed by atoms with Crippen LogP contribution < -0.4 is 5.32 Å². The number of thioether (sulfide) groups is 1. The highest BCUT2D eigenvalue weighted by molar-refractivity contribution is 7.98. The van der Waals surface area contributed by atoms with Crippen LogP contribution in [0.15, 0.2) is 30.3 Å². The minimum atomic E-state index is -0.781. The minimum Gasteiger partial charge on any atom is -0.467 e. The van der Waals surface area contributed by atoms with Gasteiger partial charge in [0.05, 0.1) is 33.8 Å². The molecule has 0 radical (unpaired) electrons. The van der Waals surface area contributed by atoms with Crippen molar-refractivity contribution in [2.45, 2.75) is 12.5 Å². The number of carbonyl (C=O) groups is 2. The van der Waals surface area contributed by atoms with Crippen molar-refractivity contribution in [1.82, 2.24) is 15.3 Å². The van der Waals surface area contributed by atoms with Crippen molar-refractivity contribution in [3.05, 3.63) is 51.8 Å². The average Bonchev–Trinajstić information content (AvgIpc) is 3.14. The number of hydrogen-bond acceptors (Lipinski definition) is 5. The molecule has 2 N–H and O–H groups in total. The van der Waals surface area contributed by atoms with Crippen LogP contribution in [0.2, 0.25) is 10.0 Å². The molecule has 0 bridgehead atoms. The van der Waals surface area contributed by atoms with Gasteiger partial charge in [0, 0.05) is 5.56 Å². The number of aromatic amines is 1. The molecule has 0 spiro atoms. The number of aromatic nitrogens is 2. The summed E-state index contributed by atoms with van der Waals surface area (Å²) < 4.78 is 19.0. The molecule has 1 aromatic heterocycles. The lowest BCUT2D eigenvalue weighted by atomic mass is 10.1. The summed E-state index contributed by atoms with van der Waals surface area (Å²) in [6, 6.07) is 6.50. The van der Waals surface area contributed by atoms with E-state index in [4.69, 9.17) is 27.9 Å². The number of fused-ring (bicyclic) bond motifs is 1. The van der Waals surface area contributed by atoms with E-state index in [0.29, 0.717) is 23.2 Å². The van der Waals surface area contributed by atoms with Gasteiger partial charge in [0.1, 0.15) is 17.7 Å². The largest absolute Gasteiger partial charge is 0.467 e. The summed E-state index contributed by atoms with van der Waals surface area (Å²) >= 11 is 14.0. The zero-order chi connectivity index (χ0) is 21.8. The van der Waals surface area contributed by atoms with Gasteiger partial charge in [0.15, 0.2) is 0 Å². The van der Waals surface area contributed by atoms with E-state index in [1.165, 1.54) is 31.4 Å². The number of halogens is 3. The van der Waals surface area contributed by atoms with Gasteiger partial charge in [0.25, 0.3) is 5.91 Å². The number of nitrogens with zero attached hydrogens (tertiary/aromatic N) is 1. The number of methoxy groups -OCH3 is 1. The predicted molar refractivity (Wildman–Crippen MR) is 118 cm³/mol. The zero-order valence-electron chi connectivity index (χ0n) is 16.1. The number of nitrogens with one attached hydrogen (secondary N) is 2. The Kier molecular flexibility index (Phi) is 7.23. The molecule has 0 fully saturated rings. The standard InChI is InChI=1S/C20H18Cl2FN3O3S/c1-29-20(28)14(6-7-30-2)25-19(27)10-8-12(22)17-15(9-10)24-18(26-17)16-11(21)4-3-5-13(16)23/h3-5,8-9,14H,6-7H2,1-2H3,(H,24,26)(H,25,27). The van der Waals surface area contributed by atoms with Crippen molar-refractivity contribution >= 4 is 57.9 Å². The Hall–Kier alpha value is -2.29. The fourth-order valence-electron chi connectivity index (χ4n) is 2.91. The quantitative estimate of drug-likeness (QED) is 0.489. The van der Waals surface area contributed by atoms with Gasteiger partial charge in [0.2, 0.25) is 0 Å². The molecule has 10 heteroatoms. The maximum absolute atomic E-state index is 14.2. The molecule has 6 nitrogen and oxygen atoms in total. The number of benzene rings is 2. The highest BCUT2D eigenvalue weighted by Crippen LogP contribution is 2.32. The second-order valence-electron chi connectivity index (χ2n) is 6.36. The second-order valence-corrected chi connectivity index (χ2v) is 8.16. The van der Waals surface area contributed by atoms with Crippen LogP contribution in [-0.4, -0.2) is 47.0 Å². The second kappa shape index (κ2) is 9.68. The number of hydrogen-bond donors (Lipinski definition) is 2. The van der Waals surface area contributed by atoms with Crippen molar-refractivity contribution in [2.24, 2.45) is 0 Å². The molecule has 0 saturated heterocycles. The molecule has 0 aliphatic carbocycles. The maximum atomic E-state index is 14.2. The summed E-state index contributed by atoms with van der Waals surface area (Å²) in [5, 5.41) is 3.08. The third-order valence-electron chi connectivity index (χ3n) is 4.41. The molecule has 2 aromatic carbocycles. The normalized spacial score (nSPS) is 12.0. The van der Waals surface area contributed by atoms with Gasteiger partial charge in [-0.05, 0) is 42.7 Å². The monoisotopic (exact) mass is 469 g/mol. The van der Waals surface area contributed by atoms with E-state index in [9.17, 15) is 14.0 Å². The summed E-state index contributed by atoms with van der Waals surface area (Å²) in [6.07, 6.45) is 2.33. The number of carbonyl (C=O) groups excluding carboxylic acids is 2. The number of esters is 1. The molecule has 3 rings (SSSR count). The van der Waals surface area contributed by atoms with Crippen LogP contribution in [0, 0.1) is 5.82 Å². The van der Waals surface area contributed by atoms with E-state index >= 15 is 0 Å². The van der Waals surface area contributed by atoms with E-state index in [-0.39, 0.29) is 27.0 Å². The Morgan fingerprint density at radius 2 is 2.07 bits per heavy atom. The Morgan fingerprint density at radius 3 is 2.73 bits per heavy atom. The fraction of sp³-hybridized carbons (Fsp3) is 0.250. The molecule has 0 aliphatic rings. The first kappa shape index (κ1) is 22.4. The summed E-state index contributed by atoms with van der Waals surface area (Å²) in [6.45, 7) is 0. The average molecular weight is 470 g/mol. The Balaban J connectivity index is 1.94. The van der Waals surface area contributed by atoms with Crippen molar-refractivity contribution in [3.8, 4) is 11.4 Å². The lowest BCUT2D eigenvalue weighted by Gasteiger charge is -2.16. The molecule has 0 aliphatic heterocycles. The van der Waals surface area contributed by atoms with E-state index in [0.717, 1.165) is 0 Å². The molecular weight excluding hydrogens is 452 g/mol. The molecule has 158 valence electrons. The van der Waals surface area contributed by atoms with Crippen LogP contribution in [0.4, 0.5) is 4.39 Å². The van der Waals surface area contributed by atoms with Gasteiger partial charge >= 0.3 is 5.97 Å². The highest BCUT2D eigenvalue weighted by Gasteiger charge is 2.23. The van der Waals surface area contributed by atoms with Crippen LogP contribution >= 0.6 is 35.0 Å². The third kappa shape index (κ3) is 4.71. The predicted octanol–water partition coefficient (Wildman–Crippen LogP) is 4.70. The van der Waals surface area contributed by atoms with E-state index in [1.807, 2.05) is 6.26 Å². The Morgan fingerprint density at radius 1 is 1.30 bits per heavy atom. The Bertz CT molecular complexity index is 1090. The van der Waals surface area contributed by atoms with Crippen LogP contribution in [0.25, 0.3) is 22.4 Å². The van der Waals surface area contributed by atoms with Crippen LogP contribution in [0.1, 0.15) is 16.8 Å². The summed E-state index contributed by atoms with van der Waals surface area (Å²) in [4.78, 5) is 32.0. The van der Waals surface area contributed by atoms with Gasteiger partial charge in [-0.1, -0.05) is 29.3 Å². The third-order valence-corrected chi connectivity index (χ3v) is 5.67. The molecule has 1 unspecified atom stereocenters. The molecule has 1 atom stereocenters. The molecular formula is C20H18Cl2FN3O3S. The van der Waals surface area contributed by atoms with Crippen molar-refractivity contribution in [3.63, 3.8) is 0 Å². The topological polar surface area (TPSA) is 84.1 Å². The first-order valence-corrected chi connectivity index (χ1v) is 11.0. The van der Waals surface area contributed by atoms with E-state index in [1.54, 1.807) is 17.8 Å². The Labute approximate surface area is 186 Å². The number of ether oxygens (including phenoxy) is 1. The number of rotatable bonds is 7. The number of amides is 1. The van der Waals surface area contributed by atoms with Crippen molar-refractivity contribution in [1.29, 1.82) is 0 Å². The number of imidazole rings is 1. The van der Waals surface area contributed by atoms with Crippen LogP contribution in [-0.2, 0) is 9.53 Å². The zero-order valence-corrected chi connectivity index (χ0v) is 18.4. The van der Waals surface area contributed by atoms with E-state index in [2.05, 4.69) is 15.3 Å². The fourth-order valence-corrected chi connectivity index (χ4v) is 3.90. The maximum Gasteiger partial charge on any atom is 0.328 e. The summed E-state index contributed by atoms with van der Waals surface area (Å²) in [7, 11) is 1.27. The van der Waals surface area contributed by atoms with Gasteiger partial charge in [-0.25, -0.2) is 14.2 Å². The minimum absolute atomic E-state index is 0.111. The van der Waals surface area contributed by atoms with Crippen LogP contribution in [0.3, 0.4) is 0 Å². The first-order valence-electron chi connectivity index (χ1n) is 8.87. The smallest absolute Gasteiger partial charge is 0.328 e. The highest BCUT2D eigenvalue weighted by atomic mass is 35.5. The molecule has 0 saturated carbocycles. The van der Waals surface area contributed by atoms with Crippen molar-refractivity contribution in [2.75, 3.05) is 19.1 Å². The van der Waals surface area contributed by atoms with Gasteiger partial charge < -0.3 is 15.0 Å². The molecule has 30 heavy (non-hydrogen) atoms. The van der Waals surface area contributed by atoms with Gasteiger partial charge in [-0.15, -0.1) is 0 Å². The van der Waals surface area contributed by atoms with Gasteiger partial charge in [-0.3, -0.25) is 4.79 Å². The van der Waals surface area contributed by atoms with Gasteiger partial charge in [-0.2, -0.15) is 11.8 Å².